The molecule has 1 aromatic carbocycles. The highest BCUT2D eigenvalue weighted by Gasteiger charge is 2.08. The van der Waals surface area contributed by atoms with Gasteiger partial charge in [0, 0.05) is 23.3 Å². The Morgan fingerprint density at radius 3 is 2.42 bits per heavy atom. The highest BCUT2D eigenvalue weighted by molar-refractivity contribution is 5.61. The second-order valence-corrected chi connectivity index (χ2v) is 4.05. The van der Waals surface area contributed by atoms with Crippen LogP contribution in [0.4, 0.5) is 0 Å². The zero-order valence-electron chi connectivity index (χ0n) is 10.5. The molecule has 0 radical (unpaired) electrons. The number of benzene rings is 1. The van der Waals surface area contributed by atoms with Crippen LogP contribution in [0.1, 0.15) is 0 Å². The lowest BCUT2D eigenvalue weighted by atomic mass is 10.2. The number of nitrogens with one attached hydrogen (secondary N) is 1. The molecule has 0 aliphatic heterocycles. The summed E-state index contributed by atoms with van der Waals surface area (Å²) in [6.45, 7) is 0. The number of methoxy groups -OCH3 is 1. The molecule has 19 heavy (non-hydrogen) atoms. The Kier molecular flexibility index (Phi) is 2.98. The van der Waals surface area contributed by atoms with Gasteiger partial charge in [-0.25, -0.2) is 9.97 Å². The van der Waals surface area contributed by atoms with E-state index in [0.29, 0.717) is 5.89 Å². The minimum Gasteiger partial charge on any atom is -0.497 e. The molecule has 2 heterocycles. The average Bonchev–Trinajstić information content (AvgIpc) is 2.98. The predicted octanol–water partition coefficient (Wildman–Crippen LogP) is 2.83. The summed E-state index contributed by atoms with van der Waals surface area (Å²) in [5, 5.41) is 0. The van der Waals surface area contributed by atoms with Gasteiger partial charge in [0.25, 0.3) is 0 Å². The molecule has 3 aromatic rings. The maximum Gasteiger partial charge on any atom is 0.227 e. The molecule has 0 saturated heterocycles. The summed E-state index contributed by atoms with van der Waals surface area (Å²) in [4.78, 5) is 7.26. The van der Waals surface area contributed by atoms with Crippen molar-refractivity contribution in [1.29, 1.82) is 0 Å². The minimum absolute atomic E-state index is 0.611. The normalized spacial score (nSPS) is 10.4. The number of ether oxygens (including phenoxy) is 1. The van der Waals surface area contributed by atoms with Crippen molar-refractivity contribution in [2.75, 3.05) is 7.11 Å². The van der Waals surface area contributed by atoms with Gasteiger partial charge in [0.05, 0.1) is 13.3 Å². The third kappa shape index (κ3) is 2.33. The Labute approximate surface area is 110 Å². The van der Waals surface area contributed by atoms with Crippen LogP contribution < -0.4 is 9.72 Å². The quantitative estimate of drug-likeness (QED) is 0.721. The molecule has 94 valence electrons. The first-order valence-corrected chi connectivity index (χ1v) is 5.93. The van der Waals surface area contributed by atoms with Crippen molar-refractivity contribution in [2.45, 2.75) is 0 Å². The van der Waals surface area contributed by atoms with Gasteiger partial charge in [-0.2, -0.15) is 0 Å². The monoisotopic (exact) mass is 253 g/mol. The largest absolute Gasteiger partial charge is 0.497 e. The van der Waals surface area contributed by atoms with Gasteiger partial charge in [0.2, 0.25) is 5.89 Å². The summed E-state index contributed by atoms with van der Waals surface area (Å²) in [6.07, 6.45) is 5.41. The predicted molar refractivity (Wildman–Crippen MR) is 70.5 cm³/mol. The molecule has 0 aliphatic carbocycles. The van der Waals surface area contributed by atoms with Crippen molar-refractivity contribution in [3.63, 3.8) is 0 Å². The van der Waals surface area contributed by atoms with Crippen LogP contribution in [0, 0.1) is 0 Å². The van der Waals surface area contributed by atoms with Crippen LogP contribution in [0.3, 0.4) is 0 Å². The lowest BCUT2D eigenvalue weighted by molar-refractivity contribution is -0.377. The van der Waals surface area contributed by atoms with E-state index in [4.69, 9.17) is 9.15 Å². The van der Waals surface area contributed by atoms with E-state index in [-0.39, 0.29) is 0 Å². The number of aromatic nitrogens is 2. The molecule has 0 unspecified atom stereocenters. The van der Waals surface area contributed by atoms with Crippen molar-refractivity contribution in [1.82, 2.24) is 4.98 Å². The fourth-order valence-corrected chi connectivity index (χ4v) is 1.83. The lowest BCUT2D eigenvalue weighted by Gasteiger charge is -2.00. The van der Waals surface area contributed by atoms with Crippen molar-refractivity contribution in [3.05, 3.63) is 55.0 Å². The van der Waals surface area contributed by atoms with Gasteiger partial charge in [-0.15, -0.1) is 0 Å². The van der Waals surface area contributed by atoms with E-state index in [1.54, 1.807) is 13.3 Å². The summed E-state index contributed by atoms with van der Waals surface area (Å²) in [5.41, 5.74) is 1.92. The molecule has 4 heteroatoms. The number of nitrogens with zero attached hydrogens (tertiary/aromatic N) is 1. The molecule has 2 aromatic heterocycles. The topological polar surface area (TPSA) is 49.4 Å². The van der Waals surface area contributed by atoms with Crippen LogP contribution >= 0.6 is 0 Å². The van der Waals surface area contributed by atoms with E-state index >= 15 is 0 Å². The van der Waals surface area contributed by atoms with Crippen molar-refractivity contribution >= 4 is 0 Å². The summed E-state index contributed by atoms with van der Waals surface area (Å²) >= 11 is 0. The van der Waals surface area contributed by atoms with E-state index in [2.05, 4.69) is 9.97 Å². The fourth-order valence-electron chi connectivity index (χ4n) is 1.83. The maximum absolute atomic E-state index is 5.76. The van der Waals surface area contributed by atoms with Crippen molar-refractivity contribution in [3.8, 4) is 28.5 Å². The average molecular weight is 253 g/mol. The van der Waals surface area contributed by atoms with E-state index in [1.807, 2.05) is 48.8 Å². The number of aromatic amines is 1. The molecular weight excluding hydrogens is 240 g/mol. The van der Waals surface area contributed by atoms with Crippen molar-refractivity contribution < 1.29 is 14.1 Å². The van der Waals surface area contributed by atoms with Gasteiger partial charge < -0.3 is 9.15 Å². The first kappa shape index (κ1) is 11.5. The molecular formula is C15H13N2O2+. The molecule has 0 amide bonds. The van der Waals surface area contributed by atoms with E-state index < -0.39 is 0 Å². The Hall–Kier alpha value is -2.62. The number of H-pyrrole nitrogens is 1. The summed E-state index contributed by atoms with van der Waals surface area (Å²) in [6, 6.07) is 11.5. The molecule has 0 atom stereocenters. The van der Waals surface area contributed by atoms with Crippen LogP contribution in [-0.2, 0) is 0 Å². The Balaban J connectivity index is 1.92. The van der Waals surface area contributed by atoms with Gasteiger partial charge in [-0.1, -0.05) is 0 Å². The summed E-state index contributed by atoms with van der Waals surface area (Å²) < 4.78 is 10.9. The van der Waals surface area contributed by atoms with Gasteiger partial charge in [-0.05, 0) is 24.3 Å². The van der Waals surface area contributed by atoms with Crippen LogP contribution in [-0.4, -0.2) is 12.1 Å². The first-order valence-electron chi connectivity index (χ1n) is 5.93. The van der Waals surface area contributed by atoms with Crippen molar-refractivity contribution in [2.24, 2.45) is 0 Å². The number of hydrogen-bond donors (Lipinski definition) is 0. The Bertz CT molecular complexity index is 660. The maximum atomic E-state index is 5.76. The van der Waals surface area contributed by atoms with Crippen LogP contribution in [0.5, 0.6) is 5.75 Å². The molecule has 0 spiro atoms. The lowest BCUT2D eigenvalue weighted by Crippen LogP contribution is -1.96. The molecule has 0 bridgehead atoms. The zero-order chi connectivity index (χ0) is 13.1. The zero-order valence-corrected chi connectivity index (χ0v) is 10.5. The third-order valence-electron chi connectivity index (χ3n) is 2.85. The molecule has 0 aliphatic rings. The molecule has 4 nitrogen and oxygen atoms in total. The molecule has 3 rings (SSSR count). The SMILES string of the molecule is COc1ccc(-c2cnc(-c3cc[nH+]cc3)o2)cc1. The summed E-state index contributed by atoms with van der Waals surface area (Å²) in [5.74, 6) is 2.17. The highest BCUT2D eigenvalue weighted by atomic mass is 16.5. The fraction of sp³-hybridized carbons (Fsp3) is 0.0667. The number of rotatable bonds is 3. The Morgan fingerprint density at radius 1 is 1.00 bits per heavy atom. The van der Waals surface area contributed by atoms with E-state index in [9.17, 15) is 0 Å². The number of oxazole rings is 1. The highest BCUT2D eigenvalue weighted by Crippen LogP contribution is 2.26. The number of hydrogen-bond acceptors (Lipinski definition) is 3. The number of pyridine rings is 1. The Morgan fingerprint density at radius 2 is 1.74 bits per heavy atom. The molecule has 1 N–H and O–H groups in total. The van der Waals surface area contributed by atoms with Crippen LogP contribution in [0.15, 0.2) is 59.4 Å². The second-order valence-electron chi connectivity index (χ2n) is 4.05. The van der Waals surface area contributed by atoms with Gasteiger partial charge in [0.15, 0.2) is 18.2 Å². The summed E-state index contributed by atoms with van der Waals surface area (Å²) in [7, 11) is 1.65. The standard InChI is InChI=1S/C15H12N2O2/c1-18-13-4-2-11(3-5-13)14-10-17-15(19-14)12-6-8-16-9-7-12/h2-10H,1H3/p+1. The van der Waals surface area contributed by atoms with Gasteiger partial charge in [-0.3, -0.25) is 0 Å². The third-order valence-corrected chi connectivity index (χ3v) is 2.85. The van der Waals surface area contributed by atoms with E-state index in [1.165, 1.54) is 0 Å². The first-order chi connectivity index (χ1) is 9.36. The van der Waals surface area contributed by atoms with Crippen LogP contribution in [0.25, 0.3) is 22.8 Å². The minimum atomic E-state index is 0.611. The smallest absolute Gasteiger partial charge is 0.227 e. The molecule has 0 saturated carbocycles. The van der Waals surface area contributed by atoms with E-state index in [0.717, 1.165) is 22.6 Å². The van der Waals surface area contributed by atoms with Gasteiger partial charge in [0.1, 0.15) is 5.75 Å². The second kappa shape index (κ2) is 4.94. The molecule has 0 fully saturated rings. The van der Waals surface area contributed by atoms with Gasteiger partial charge >= 0.3 is 0 Å². The van der Waals surface area contributed by atoms with Crippen LogP contribution in [0.2, 0.25) is 0 Å².